The molecule has 1 saturated heterocycles. The highest BCUT2D eigenvalue weighted by Crippen LogP contribution is 2.08. The summed E-state index contributed by atoms with van der Waals surface area (Å²) in [5, 5.41) is 15.3. The number of carbonyl (C=O) groups is 1. The van der Waals surface area contributed by atoms with E-state index in [2.05, 4.69) is 69.4 Å². The first-order valence-corrected chi connectivity index (χ1v) is 30.9. The van der Waals surface area contributed by atoms with Crippen LogP contribution in [0.4, 0.5) is 0 Å². The summed E-state index contributed by atoms with van der Waals surface area (Å²) in [6, 6.07) is 8.04. The van der Waals surface area contributed by atoms with E-state index in [-0.39, 0.29) is 50.3 Å². The molecule has 26 nitrogen and oxygen atoms in total. The first kappa shape index (κ1) is 87.9. The molecule has 0 unspecified atom stereocenters. The topological polar surface area (TPSA) is 462 Å². The molecule has 1 heterocycles. The minimum absolute atomic E-state index is 0. The molecule has 0 atom stereocenters. The highest BCUT2D eigenvalue weighted by molar-refractivity contribution is 7.89. The molecule has 1 aliphatic heterocycles. The summed E-state index contributed by atoms with van der Waals surface area (Å²) in [4.78, 5) is 20.6. The van der Waals surface area contributed by atoms with E-state index >= 15 is 0 Å². The lowest BCUT2D eigenvalue weighted by Crippen LogP contribution is -3.00. The van der Waals surface area contributed by atoms with Gasteiger partial charge in [0.1, 0.15) is 6.54 Å². The minimum Gasteiger partial charge on any atom is -1.00 e. The second kappa shape index (κ2) is 64.5. The van der Waals surface area contributed by atoms with Crippen LogP contribution in [0.3, 0.4) is 0 Å². The van der Waals surface area contributed by atoms with Crippen molar-refractivity contribution in [2.75, 3.05) is 172 Å². The summed E-state index contributed by atoms with van der Waals surface area (Å²) in [5.41, 5.74) is 55.0. The Morgan fingerprint density at radius 1 is 0.851 bits per heavy atom. The Labute approximate surface area is 456 Å². The van der Waals surface area contributed by atoms with E-state index in [1.807, 2.05) is 27.9 Å². The van der Waals surface area contributed by atoms with Gasteiger partial charge in [0.25, 0.3) is 0 Å². The number of morpholine rings is 1. The van der Waals surface area contributed by atoms with Crippen molar-refractivity contribution >= 4 is 34.8 Å². The Balaban J connectivity index is -0.000000112. The van der Waals surface area contributed by atoms with E-state index in [1.165, 1.54) is 24.6 Å². The van der Waals surface area contributed by atoms with Crippen LogP contribution in [0.5, 0.6) is 0 Å². The first-order chi connectivity index (χ1) is 34.1. The summed E-state index contributed by atoms with van der Waals surface area (Å²) in [6.07, 6.45) is 3.38. The fourth-order valence-electron chi connectivity index (χ4n) is 4.29. The second-order valence-corrected chi connectivity index (χ2v) is 24.1. The van der Waals surface area contributed by atoms with Gasteiger partial charge in [-0.2, -0.15) is 0 Å². The number of rotatable bonds is 24. The highest BCUT2D eigenvalue weighted by atomic mass is 35.5. The minimum atomic E-state index is -3.57. The molecule has 0 aliphatic carbocycles. The first-order valence-electron chi connectivity index (χ1n) is 24.5. The molecular weight excluding hydrogens is 1030 g/mol. The van der Waals surface area contributed by atoms with Crippen LogP contribution in [0.2, 0.25) is 19.1 Å². The number of halogens is 1. The summed E-state index contributed by atoms with van der Waals surface area (Å²) >= 11 is 0. The van der Waals surface area contributed by atoms with Gasteiger partial charge in [0, 0.05) is 91.7 Å². The number of benzene rings is 1. The number of sulfonamides is 2. The van der Waals surface area contributed by atoms with Crippen LogP contribution in [0.1, 0.15) is 38.7 Å². The lowest BCUT2D eigenvalue weighted by Gasteiger charge is -2.25. The molecule has 74 heavy (non-hydrogen) atoms. The third kappa shape index (κ3) is 95.1. The number of carbonyl (C=O) groups excluding carboxylic acids is 1. The lowest BCUT2D eigenvalue weighted by molar-refractivity contribution is -0.870. The number of amides is 1. The van der Waals surface area contributed by atoms with E-state index in [4.69, 9.17) is 78.3 Å². The molecule has 0 saturated carbocycles. The average Bonchev–Trinajstić information content (AvgIpc) is 3.29. The number of nitrogens with two attached hydrogens (primary N) is 11. The van der Waals surface area contributed by atoms with Crippen molar-refractivity contribution in [3.05, 3.63) is 51.7 Å². The lowest BCUT2D eigenvalue weighted by atomic mass is 10.2. The second-order valence-electron chi connectivity index (χ2n) is 17.5. The summed E-state index contributed by atoms with van der Waals surface area (Å²) in [6.45, 7) is 29.3. The number of likely N-dealkylation sites (N-methyl/N-ethyl adjacent to an activating group) is 2. The van der Waals surface area contributed by atoms with E-state index < -0.39 is 20.0 Å². The molecule has 1 aromatic rings. The summed E-state index contributed by atoms with van der Waals surface area (Å²) in [7, 11) is 3.36. The molecule has 2 rings (SSSR count). The van der Waals surface area contributed by atoms with Gasteiger partial charge < -0.3 is 93.0 Å². The van der Waals surface area contributed by atoms with Crippen LogP contribution < -0.4 is 79.6 Å². The number of hydrogen-bond donors (Lipinski definition) is 12. The van der Waals surface area contributed by atoms with Crippen LogP contribution in [0.25, 0.3) is 15.3 Å². The van der Waals surface area contributed by atoms with Crippen molar-refractivity contribution in [1.29, 1.82) is 0 Å². The summed E-state index contributed by atoms with van der Waals surface area (Å²) < 4.78 is 53.0. The van der Waals surface area contributed by atoms with Gasteiger partial charge >= 0.3 is 0 Å². The maximum absolute atomic E-state index is 10.9. The Morgan fingerprint density at radius 2 is 1.41 bits per heavy atom. The van der Waals surface area contributed by atoms with Gasteiger partial charge in [-0.3, -0.25) is 9.69 Å². The number of nitrogens with zero attached hydrogens (tertiary/aromatic N) is 7. The SMILES string of the molecule is CC(C)NC(=O)CCN.CN(C)CCN.C[N+](C)(C)CCOCCCN.C[SiH](C)CCCN.NCCN1CCOCC1.NCCS(N)(=O)=O.NCCc1ccc(S(N)(=O)=O)cc1.[C-]#[N+]CCN.[Cl-].[N-]=[N+]=NCCN. The molecule has 0 aromatic heterocycles. The maximum atomic E-state index is 10.9. The number of primary sulfonamides is 2. The normalized spacial score (nSPS) is 11.6. The zero-order chi connectivity index (χ0) is 58.0. The van der Waals surface area contributed by atoms with Crippen molar-refractivity contribution < 1.29 is 48.0 Å². The van der Waals surface area contributed by atoms with Gasteiger partial charge in [0.05, 0.1) is 58.2 Å². The quantitative estimate of drug-likeness (QED) is 0.00875. The molecule has 444 valence electrons. The van der Waals surface area contributed by atoms with E-state index in [0.29, 0.717) is 45.7 Å². The van der Waals surface area contributed by atoms with Gasteiger partial charge in [0.15, 0.2) is 0 Å². The van der Waals surface area contributed by atoms with E-state index in [1.54, 1.807) is 12.1 Å². The van der Waals surface area contributed by atoms with Gasteiger partial charge in [-0.15, -0.1) is 0 Å². The zero-order valence-corrected chi connectivity index (χ0v) is 50.4. The Hall–Kier alpha value is -2.74. The molecule has 0 spiro atoms. The van der Waals surface area contributed by atoms with Crippen LogP contribution in [0.15, 0.2) is 34.3 Å². The fourth-order valence-corrected chi connectivity index (χ4v) is 6.18. The Morgan fingerprint density at radius 3 is 1.68 bits per heavy atom. The van der Waals surface area contributed by atoms with Crippen LogP contribution in [0, 0.1) is 6.57 Å². The number of ether oxygens (including phenoxy) is 2. The Kier molecular flexibility index (Phi) is 76.7. The zero-order valence-electron chi connectivity index (χ0n) is 46.9. The van der Waals surface area contributed by atoms with Gasteiger partial charge in [0.2, 0.25) is 32.5 Å². The van der Waals surface area contributed by atoms with Crippen molar-refractivity contribution in [2.24, 2.45) is 67.0 Å². The fraction of sp³-hybridized carbons (Fsp3) is 0.818. The maximum Gasteiger partial charge on any atom is 0.238 e. The van der Waals surface area contributed by atoms with Gasteiger partial charge in [-0.05, 0) is 96.6 Å². The van der Waals surface area contributed by atoms with Crippen molar-refractivity contribution in [3.8, 4) is 0 Å². The van der Waals surface area contributed by atoms with E-state index in [9.17, 15) is 21.6 Å². The smallest absolute Gasteiger partial charge is 0.238 e. The van der Waals surface area contributed by atoms with Crippen molar-refractivity contribution in [1.82, 2.24) is 15.1 Å². The molecular formula is C44H108ClN19O7S2Si. The number of hydrogen-bond acceptors (Lipinski definition) is 19. The molecule has 23 N–H and O–H groups in total. The van der Waals surface area contributed by atoms with Gasteiger partial charge in [-0.25, -0.2) is 33.7 Å². The largest absolute Gasteiger partial charge is 1.00 e. The molecule has 30 heteroatoms. The van der Waals surface area contributed by atoms with Crippen molar-refractivity contribution in [2.45, 2.75) is 69.6 Å². The number of azide groups is 1. The number of quaternary nitrogens is 1. The van der Waals surface area contributed by atoms with Crippen LogP contribution in [-0.2, 0) is 40.7 Å². The monoisotopic (exact) mass is 1140 g/mol. The molecule has 0 bridgehead atoms. The van der Waals surface area contributed by atoms with Crippen molar-refractivity contribution in [3.63, 3.8) is 0 Å². The van der Waals surface area contributed by atoms with Gasteiger partial charge in [-0.1, -0.05) is 36.4 Å². The Bertz CT molecular complexity index is 1620. The van der Waals surface area contributed by atoms with Crippen LogP contribution in [-0.4, -0.2) is 224 Å². The third-order valence-corrected chi connectivity index (χ3v) is 11.2. The highest BCUT2D eigenvalue weighted by Gasteiger charge is 2.08. The average molecular weight is 1140 g/mol. The predicted octanol–water partition coefficient (Wildman–Crippen LogP) is -5.28. The third-order valence-electron chi connectivity index (χ3n) is 7.95. The molecule has 1 fully saturated rings. The molecule has 0 radical (unpaired) electrons. The van der Waals surface area contributed by atoms with E-state index in [0.717, 1.165) is 108 Å². The standard InChI is InChI=1S/C8H12N2O2S.C8H21N2O.2C6H14N2O.C5H15NSi.C4H12N2.C3H6N2.C2H6N4.C2H8N2O2S.ClH/c9-6-5-7-1-3-8(4-2-7)13(10,11)12;1-10(2,3)6-8-11-7-4-5-9;7-1-2-8-3-5-9-6-4-8;1-5(2)8-6(9)3-4-7;1-7(2)5-3-4-6;1-6(2)4-3-5;1-5-3-2-4;3-1-2-5-6-4;3-1-2-7(4,5)6;/h1-4H,5-6,9H2,(H2,10,11,12);4-9H2,1-3H3;1-7H2;5H,3-4,7H2,1-2H3,(H,8,9);7H,3-6H2,1-2H3;3-5H2,1-2H3;2-4H2;1-3H2;1-3H2,(H2,4,5,6);1H/q;+1;;;;;;;;/p-1. The molecule has 1 aromatic carbocycles. The summed E-state index contributed by atoms with van der Waals surface area (Å²) in [5.74, 6) is -0.0972. The number of nitrogens with one attached hydrogen (secondary N) is 1. The molecule has 1 amide bonds. The van der Waals surface area contributed by atoms with Crippen LogP contribution >= 0.6 is 0 Å². The predicted molar refractivity (Wildman–Crippen MR) is 307 cm³/mol. The molecule has 1 aliphatic rings.